The van der Waals surface area contributed by atoms with Crippen LogP contribution in [0.25, 0.3) is 0 Å². The van der Waals surface area contributed by atoms with E-state index in [0.29, 0.717) is 10.6 Å². The molecular weight excluding hydrogens is 168 g/mol. The smallest absolute Gasteiger partial charge is 0.104 e. The van der Waals surface area contributed by atoms with Crippen LogP contribution in [-0.4, -0.2) is 0 Å². The standard InChI is InChI=1S/C9H12N2S/c1-9(2,3)7-4-6(5-10)8(11)12-7/h4H,11H2,1-3H3. The van der Waals surface area contributed by atoms with E-state index in [1.807, 2.05) is 6.07 Å². The van der Waals surface area contributed by atoms with E-state index in [1.165, 1.54) is 11.3 Å². The van der Waals surface area contributed by atoms with Gasteiger partial charge in [0.2, 0.25) is 0 Å². The van der Waals surface area contributed by atoms with Crippen LogP contribution in [0.4, 0.5) is 5.00 Å². The van der Waals surface area contributed by atoms with Gasteiger partial charge in [-0.1, -0.05) is 20.8 Å². The van der Waals surface area contributed by atoms with Gasteiger partial charge < -0.3 is 5.73 Å². The van der Waals surface area contributed by atoms with Gasteiger partial charge in [-0.15, -0.1) is 11.3 Å². The van der Waals surface area contributed by atoms with Gasteiger partial charge in [0.05, 0.1) is 5.56 Å². The number of thiophene rings is 1. The molecule has 0 bridgehead atoms. The minimum Gasteiger partial charge on any atom is -0.389 e. The van der Waals surface area contributed by atoms with Crippen LogP contribution in [0, 0.1) is 11.3 Å². The Morgan fingerprint density at radius 2 is 2.08 bits per heavy atom. The third-order valence-electron chi connectivity index (χ3n) is 1.62. The van der Waals surface area contributed by atoms with Crippen molar-refractivity contribution in [2.24, 2.45) is 0 Å². The molecule has 0 aliphatic heterocycles. The average molecular weight is 180 g/mol. The highest BCUT2D eigenvalue weighted by Crippen LogP contribution is 2.33. The maximum atomic E-state index is 8.67. The lowest BCUT2D eigenvalue weighted by Gasteiger charge is -2.14. The zero-order valence-corrected chi connectivity index (χ0v) is 8.33. The zero-order chi connectivity index (χ0) is 9.35. The second kappa shape index (κ2) is 2.80. The monoisotopic (exact) mass is 180 g/mol. The first-order valence-corrected chi connectivity index (χ1v) is 4.56. The molecule has 0 saturated heterocycles. The van der Waals surface area contributed by atoms with Crippen molar-refractivity contribution in [3.05, 3.63) is 16.5 Å². The molecule has 0 amide bonds. The number of rotatable bonds is 0. The Morgan fingerprint density at radius 1 is 1.50 bits per heavy atom. The van der Waals surface area contributed by atoms with E-state index in [1.54, 1.807) is 0 Å². The topological polar surface area (TPSA) is 49.8 Å². The Labute approximate surface area is 76.6 Å². The van der Waals surface area contributed by atoms with E-state index in [4.69, 9.17) is 11.0 Å². The Balaban J connectivity index is 3.16. The average Bonchev–Trinajstić information content (AvgIpc) is 2.29. The fraction of sp³-hybridized carbons (Fsp3) is 0.444. The number of nitrogens with zero attached hydrogens (tertiary/aromatic N) is 1. The molecule has 0 unspecified atom stereocenters. The maximum Gasteiger partial charge on any atom is 0.104 e. The first-order chi connectivity index (χ1) is 5.45. The first-order valence-electron chi connectivity index (χ1n) is 3.75. The first kappa shape index (κ1) is 9.08. The predicted molar refractivity (Wildman–Crippen MR) is 52.1 cm³/mol. The van der Waals surface area contributed by atoms with Gasteiger partial charge >= 0.3 is 0 Å². The molecule has 0 aliphatic rings. The predicted octanol–water partition coefficient (Wildman–Crippen LogP) is 2.50. The third-order valence-corrected chi connectivity index (χ3v) is 3.01. The van der Waals surface area contributed by atoms with Gasteiger partial charge in [0.25, 0.3) is 0 Å². The minimum absolute atomic E-state index is 0.0912. The Hall–Kier alpha value is -1.01. The van der Waals surface area contributed by atoms with Crippen LogP contribution < -0.4 is 5.73 Å². The third kappa shape index (κ3) is 1.59. The Bertz CT molecular complexity index is 325. The second-order valence-corrected chi connectivity index (χ2v) is 4.83. The molecule has 2 N–H and O–H groups in total. The van der Waals surface area contributed by atoms with Crippen molar-refractivity contribution in [1.29, 1.82) is 5.26 Å². The van der Waals surface area contributed by atoms with Crippen molar-refractivity contribution in [2.45, 2.75) is 26.2 Å². The quantitative estimate of drug-likeness (QED) is 0.667. The van der Waals surface area contributed by atoms with Gasteiger partial charge in [0.1, 0.15) is 11.1 Å². The van der Waals surface area contributed by atoms with Gasteiger partial charge in [-0.3, -0.25) is 0 Å². The molecule has 0 radical (unpaired) electrons. The fourth-order valence-electron chi connectivity index (χ4n) is 0.862. The molecular formula is C9H12N2S. The van der Waals surface area contributed by atoms with Crippen LogP contribution in [0.15, 0.2) is 6.07 Å². The van der Waals surface area contributed by atoms with Gasteiger partial charge in [0.15, 0.2) is 0 Å². The molecule has 0 spiro atoms. The summed E-state index contributed by atoms with van der Waals surface area (Å²) in [6.07, 6.45) is 0. The van der Waals surface area contributed by atoms with Gasteiger partial charge in [0, 0.05) is 4.88 Å². The number of hydrogen-bond acceptors (Lipinski definition) is 3. The lowest BCUT2D eigenvalue weighted by Crippen LogP contribution is -2.07. The normalized spacial score (nSPS) is 11.2. The highest BCUT2D eigenvalue weighted by atomic mass is 32.1. The molecule has 0 aromatic carbocycles. The molecule has 0 atom stereocenters. The molecule has 12 heavy (non-hydrogen) atoms. The van der Waals surface area contributed by atoms with Crippen molar-refractivity contribution in [1.82, 2.24) is 0 Å². The van der Waals surface area contributed by atoms with Gasteiger partial charge in [-0.05, 0) is 11.5 Å². The molecule has 3 heteroatoms. The molecule has 1 aromatic rings. The van der Waals surface area contributed by atoms with Gasteiger partial charge in [-0.25, -0.2) is 0 Å². The van der Waals surface area contributed by atoms with E-state index < -0.39 is 0 Å². The Kier molecular flexibility index (Phi) is 2.12. The maximum absolute atomic E-state index is 8.67. The summed E-state index contributed by atoms with van der Waals surface area (Å²) < 4.78 is 0. The summed E-state index contributed by atoms with van der Waals surface area (Å²) in [5.41, 5.74) is 6.34. The summed E-state index contributed by atoms with van der Waals surface area (Å²) >= 11 is 1.50. The zero-order valence-electron chi connectivity index (χ0n) is 7.51. The summed E-state index contributed by atoms with van der Waals surface area (Å²) in [6, 6.07) is 3.95. The van der Waals surface area contributed by atoms with Crippen molar-refractivity contribution in [2.75, 3.05) is 5.73 Å². The molecule has 0 aliphatic carbocycles. The largest absolute Gasteiger partial charge is 0.389 e. The number of nitrogen functional groups attached to an aromatic ring is 1. The second-order valence-electron chi connectivity index (χ2n) is 3.75. The van der Waals surface area contributed by atoms with E-state index in [0.717, 1.165) is 4.88 Å². The van der Waals surface area contributed by atoms with E-state index >= 15 is 0 Å². The summed E-state index contributed by atoms with van der Waals surface area (Å²) in [5, 5.41) is 9.30. The number of nitrogens with two attached hydrogens (primary N) is 1. The van der Waals surface area contributed by atoms with Crippen LogP contribution in [-0.2, 0) is 5.41 Å². The molecule has 0 fully saturated rings. The minimum atomic E-state index is 0.0912. The fourth-order valence-corrected chi connectivity index (χ4v) is 1.80. The number of hydrogen-bond donors (Lipinski definition) is 1. The van der Waals surface area contributed by atoms with Crippen molar-refractivity contribution >= 4 is 16.3 Å². The summed E-state index contributed by atoms with van der Waals surface area (Å²) in [7, 11) is 0. The number of anilines is 1. The molecule has 1 rings (SSSR count). The lowest BCUT2D eigenvalue weighted by atomic mass is 9.94. The Morgan fingerprint density at radius 3 is 2.33 bits per heavy atom. The molecule has 64 valence electrons. The molecule has 1 heterocycles. The highest BCUT2D eigenvalue weighted by molar-refractivity contribution is 7.16. The van der Waals surface area contributed by atoms with E-state index in [9.17, 15) is 0 Å². The molecule has 0 saturated carbocycles. The van der Waals surface area contributed by atoms with Crippen LogP contribution >= 0.6 is 11.3 Å². The van der Waals surface area contributed by atoms with Crippen molar-refractivity contribution in [3.8, 4) is 6.07 Å². The summed E-state index contributed by atoms with van der Waals surface area (Å²) in [5.74, 6) is 0. The van der Waals surface area contributed by atoms with Crippen LogP contribution in [0.5, 0.6) is 0 Å². The van der Waals surface area contributed by atoms with Crippen LogP contribution in [0.1, 0.15) is 31.2 Å². The van der Waals surface area contributed by atoms with Crippen molar-refractivity contribution in [3.63, 3.8) is 0 Å². The molecule has 2 nitrogen and oxygen atoms in total. The van der Waals surface area contributed by atoms with E-state index in [2.05, 4.69) is 26.8 Å². The summed E-state index contributed by atoms with van der Waals surface area (Å²) in [6.45, 7) is 6.33. The SMILES string of the molecule is CC(C)(C)c1cc(C#N)c(N)s1. The summed E-state index contributed by atoms with van der Waals surface area (Å²) in [4.78, 5) is 1.16. The van der Waals surface area contributed by atoms with Gasteiger partial charge in [-0.2, -0.15) is 5.26 Å². The van der Waals surface area contributed by atoms with E-state index in [-0.39, 0.29) is 5.41 Å². The highest BCUT2D eigenvalue weighted by Gasteiger charge is 2.18. The van der Waals surface area contributed by atoms with Crippen LogP contribution in [0.2, 0.25) is 0 Å². The molecule has 1 aromatic heterocycles. The van der Waals surface area contributed by atoms with Crippen molar-refractivity contribution < 1.29 is 0 Å². The van der Waals surface area contributed by atoms with Crippen LogP contribution in [0.3, 0.4) is 0 Å². The number of nitriles is 1. The lowest BCUT2D eigenvalue weighted by molar-refractivity contribution is 0.604.